The zero-order valence-corrected chi connectivity index (χ0v) is 10.5. The summed E-state index contributed by atoms with van der Waals surface area (Å²) >= 11 is 1.64. The van der Waals surface area contributed by atoms with Crippen molar-refractivity contribution in [3.8, 4) is 11.8 Å². The van der Waals surface area contributed by atoms with Gasteiger partial charge in [-0.2, -0.15) is 5.26 Å². The molecule has 1 aromatic carbocycles. The predicted octanol–water partition coefficient (Wildman–Crippen LogP) is 3.81. The topological polar surface area (TPSA) is 44.0 Å². The Morgan fingerprint density at radius 1 is 1.38 bits per heavy atom. The van der Waals surface area contributed by atoms with Crippen LogP contribution < -0.4 is 0 Å². The van der Waals surface area contributed by atoms with Gasteiger partial charge in [-0.1, -0.05) is 12.1 Å². The molecule has 1 rings (SSSR count). The van der Waals surface area contributed by atoms with Gasteiger partial charge in [0.15, 0.2) is 0 Å². The summed E-state index contributed by atoms with van der Waals surface area (Å²) < 4.78 is 0. The monoisotopic (exact) mass is 235 g/mol. The van der Waals surface area contributed by atoms with Gasteiger partial charge in [0.2, 0.25) is 0 Å². The standard InChI is InChI=1S/C13H17NOS/c1-13(2,10-14)8-5-9-16-12-7-4-3-6-11(12)15/h3-4,6-7,15H,5,8-9H2,1-2H3. The lowest BCUT2D eigenvalue weighted by Crippen LogP contribution is -2.07. The molecule has 0 saturated heterocycles. The third-order valence-corrected chi connectivity index (χ3v) is 3.52. The zero-order chi connectivity index (χ0) is 12.0. The molecule has 0 heterocycles. The van der Waals surface area contributed by atoms with E-state index in [4.69, 9.17) is 5.26 Å². The van der Waals surface area contributed by atoms with Gasteiger partial charge in [0, 0.05) is 4.90 Å². The summed E-state index contributed by atoms with van der Waals surface area (Å²) in [5.41, 5.74) is -0.237. The summed E-state index contributed by atoms with van der Waals surface area (Å²) in [6, 6.07) is 9.64. The van der Waals surface area contributed by atoms with Gasteiger partial charge in [-0.05, 0) is 44.6 Å². The fraction of sp³-hybridized carbons (Fsp3) is 0.462. The van der Waals surface area contributed by atoms with Crippen LogP contribution >= 0.6 is 11.8 Å². The second-order valence-corrected chi connectivity index (χ2v) is 5.55. The number of benzene rings is 1. The van der Waals surface area contributed by atoms with E-state index in [0.717, 1.165) is 23.5 Å². The van der Waals surface area contributed by atoms with Crippen LogP contribution in [0.5, 0.6) is 5.75 Å². The molecule has 0 aliphatic heterocycles. The SMILES string of the molecule is CC(C)(C#N)CCCSc1ccccc1O. The molecule has 0 spiro atoms. The Kier molecular flexibility index (Phi) is 4.70. The number of rotatable bonds is 5. The smallest absolute Gasteiger partial charge is 0.129 e. The van der Waals surface area contributed by atoms with Gasteiger partial charge in [0.25, 0.3) is 0 Å². The predicted molar refractivity (Wildman–Crippen MR) is 67.5 cm³/mol. The van der Waals surface area contributed by atoms with E-state index in [9.17, 15) is 5.11 Å². The van der Waals surface area contributed by atoms with E-state index in [0.29, 0.717) is 5.75 Å². The molecule has 86 valence electrons. The lowest BCUT2D eigenvalue weighted by Gasteiger charge is -2.14. The number of nitriles is 1. The average Bonchev–Trinajstić information content (AvgIpc) is 2.27. The third kappa shape index (κ3) is 4.16. The van der Waals surface area contributed by atoms with E-state index in [1.54, 1.807) is 17.8 Å². The van der Waals surface area contributed by atoms with Crippen molar-refractivity contribution in [2.24, 2.45) is 5.41 Å². The van der Waals surface area contributed by atoms with Crippen molar-refractivity contribution in [2.45, 2.75) is 31.6 Å². The van der Waals surface area contributed by atoms with Crippen LogP contribution in [0.2, 0.25) is 0 Å². The van der Waals surface area contributed by atoms with Gasteiger partial charge in [0.1, 0.15) is 5.75 Å². The highest BCUT2D eigenvalue weighted by Crippen LogP contribution is 2.30. The van der Waals surface area contributed by atoms with Crippen molar-refractivity contribution < 1.29 is 5.11 Å². The summed E-state index contributed by atoms with van der Waals surface area (Å²) in [5.74, 6) is 1.27. The molecule has 0 saturated carbocycles. The Labute approximate surface area is 101 Å². The highest BCUT2D eigenvalue weighted by atomic mass is 32.2. The second-order valence-electron chi connectivity index (χ2n) is 4.42. The molecular weight excluding hydrogens is 218 g/mol. The molecule has 0 unspecified atom stereocenters. The van der Waals surface area contributed by atoms with E-state index in [2.05, 4.69) is 6.07 Å². The fourth-order valence-electron chi connectivity index (χ4n) is 1.33. The van der Waals surface area contributed by atoms with Gasteiger partial charge in [-0.25, -0.2) is 0 Å². The van der Waals surface area contributed by atoms with Crippen molar-refractivity contribution >= 4 is 11.8 Å². The Hall–Kier alpha value is -1.14. The first-order valence-corrected chi connectivity index (χ1v) is 6.36. The molecule has 0 aromatic heterocycles. The molecule has 16 heavy (non-hydrogen) atoms. The van der Waals surface area contributed by atoms with Crippen molar-refractivity contribution in [3.05, 3.63) is 24.3 Å². The summed E-state index contributed by atoms with van der Waals surface area (Å²) in [6.07, 6.45) is 1.88. The van der Waals surface area contributed by atoms with E-state index in [1.165, 1.54) is 0 Å². The highest BCUT2D eigenvalue weighted by Gasteiger charge is 2.15. The minimum absolute atomic E-state index is 0.237. The molecule has 0 aliphatic rings. The molecule has 1 N–H and O–H groups in total. The van der Waals surface area contributed by atoms with Gasteiger partial charge in [-0.3, -0.25) is 0 Å². The van der Waals surface area contributed by atoms with Crippen LogP contribution in [-0.4, -0.2) is 10.9 Å². The normalized spacial score (nSPS) is 11.1. The highest BCUT2D eigenvalue weighted by molar-refractivity contribution is 7.99. The lowest BCUT2D eigenvalue weighted by molar-refractivity contribution is 0.447. The molecular formula is C13H17NOS. The quantitative estimate of drug-likeness (QED) is 0.623. The maximum Gasteiger partial charge on any atom is 0.129 e. The maximum atomic E-state index is 9.54. The average molecular weight is 235 g/mol. The van der Waals surface area contributed by atoms with Gasteiger partial charge in [0.05, 0.1) is 11.5 Å². The molecule has 0 fully saturated rings. The Morgan fingerprint density at radius 3 is 2.69 bits per heavy atom. The molecule has 0 bridgehead atoms. The van der Waals surface area contributed by atoms with Crippen LogP contribution in [0.1, 0.15) is 26.7 Å². The fourth-order valence-corrected chi connectivity index (χ4v) is 2.23. The molecule has 3 heteroatoms. The Morgan fingerprint density at radius 2 is 2.06 bits per heavy atom. The maximum absolute atomic E-state index is 9.54. The van der Waals surface area contributed by atoms with Crippen molar-refractivity contribution in [1.82, 2.24) is 0 Å². The molecule has 2 nitrogen and oxygen atoms in total. The second kappa shape index (κ2) is 5.81. The van der Waals surface area contributed by atoms with Gasteiger partial charge in [-0.15, -0.1) is 11.8 Å². The molecule has 1 aromatic rings. The van der Waals surface area contributed by atoms with Crippen LogP contribution in [-0.2, 0) is 0 Å². The van der Waals surface area contributed by atoms with Crippen LogP contribution in [0.25, 0.3) is 0 Å². The Balaban J connectivity index is 2.33. The van der Waals surface area contributed by atoms with Crippen LogP contribution in [0.4, 0.5) is 0 Å². The third-order valence-electron chi connectivity index (χ3n) is 2.37. The number of para-hydroxylation sites is 1. The number of phenolic OH excluding ortho intramolecular Hbond substituents is 1. The van der Waals surface area contributed by atoms with E-state index in [-0.39, 0.29) is 5.41 Å². The van der Waals surface area contributed by atoms with Crippen molar-refractivity contribution in [1.29, 1.82) is 5.26 Å². The van der Waals surface area contributed by atoms with Gasteiger partial charge >= 0.3 is 0 Å². The lowest BCUT2D eigenvalue weighted by atomic mass is 9.90. The first-order valence-electron chi connectivity index (χ1n) is 5.37. The minimum Gasteiger partial charge on any atom is -0.507 e. The minimum atomic E-state index is -0.237. The van der Waals surface area contributed by atoms with E-state index < -0.39 is 0 Å². The van der Waals surface area contributed by atoms with Crippen molar-refractivity contribution in [3.63, 3.8) is 0 Å². The van der Waals surface area contributed by atoms with E-state index >= 15 is 0 Å². The summed E-state index contributed by atoms with van der Waals surface area (Å²) in [6.45, 7) is 3.91. The number of phenols is 1. The molecule has 0 amide bonds. The number of hydrogen-bond donors (Lipinski definition) is 1. The molecule has 0 atom stereocenters. The van der Waals surface area contributed by atoms with Crippen LogP contribution in [0.15, 0.2) is 29.2 Å². The molecule has 0 aliphatic carbocycles. The Bertz CT molecular complexity index is 382. The van der Waals surface area contributed by atoms with Crippen LogP contribution in [0, 0.1) is 16.7 Å². The summed E-state index contributed by atoms with van der Waals surface area (Å²) in [4.78, 5) is 0.914. The number of thioether (sulfide) groups is 1. The first-order chi connectivity index (χ1) is 7.55. The van der Waals surface area contributed by atoms with Crippen LogP contribution in [0.3, 0.4) is 0 Å². The largest absolute Gasteiger partial charge is 0.507 e. The van der Waals surface area contributed by atoms with Crippen molar-refractivity contribution in [2.75, 3.05) is 5.75 Å². The number of hydrogen-bond acceptors (Lipinski definition) is 3. The van der Waals surface area contributed by atoms with Gasteiger partial charge < -0.3 is 5.11 Å². The number of aromatic hydroxyl groups is 1. The molecule has 0 radical (unpaired) electrons. The van der Waals surface area contributed by atoms with E-state index in [1.807, 2.05) is 32.0 Å². The first kappa shape index (κ1) is 12.9. The summed E-state index contributed by atoms with van der Waals surface area (Å²) in [7, 11) is 0. The zero-order valence-electron chi connectivity index (χ0n) is 9.73. The summed E-state index contributed by atoms with van der Waals surface area (Å²) in [5, 5.41) is 18.4. The number of nitrogens with zero attached hydrogens (tertiary/aromatic N) is 1.